The van der Waals surface area contributed by atoms with Gasteiger partial charge in [0.05, 0.1) is 5.60 Å². The summed E-state index contributed by atoms with van der Waals surface area (Å²) in [5.41, 5.74) is -0.00955. The Hall–Kier alpha value is -1.88. The fraction of sp³-hybridized carbons (Fsp3) is 0.529. The van der Waals surface area contributed by atoms with Gasteiger partial charge < -0.3 is 14.4 Å². The maximum absolute atomic E-state index is 9.91. The number of aromatic nitrogens is 2. The molecule has 5 heteroatoms. The van der Waals surface area contributed by atoms with Crippen molar-refractivity contribution in [2.24, 2.45) is 5.92 Å². The molecule has 1 aromatic carbocycles. The number of hydrogen-bond acceptors (Lipinski definition) is 5. The SMILES string of the molecule is CC(C)CCc1noc(COc2ccc(C(C)(C)O)cc2)n1. The largest absolute Gasteiger partial charge is 0.484 e. The van der Waals surface area contributed by atoms with Crippen molar-refractivity contribution < 1.29 is 14.4 Å². The summed E-state index contributed by atoms with van der Waals surface area (Å²) in [7, 11) is 0. The lowest BCUT2D eigenvalue weighted by Gasteiger charge is -2.17. The molecule has 0 aliphatic heterocycles. The first kappa shape index (κ1) is 16.5. The van der Waals surface area contributed by atoms with Crippen molar-refractivity contribution in [1.29, 1.82) is 0 Å². The molecule has 5 nitrogen and oxygen atoms in total. The molecule has 0 radical (unpaired) electrons. The molecule has 0 spiro atoms. The zero-order valence-electron chi connectivity index (χ0n) is 13.7. The number of aryl methyl sites for hydroxylation is 1. The smallest absolute Gasteiger partial charge is 0.264 e. The van der Waals surface area contributed by atoms with Gasteiger partial charge in [0.1, 0.15) is 5.75 Å². The molecule has 1 aromatic heterocycles. The van der Waals surface area contributed by atoms with Gasteiger partial charge in [-0.15, -0.1) is 0 Å². The van der Waals surface area contributed by atoms with Crippen molar-refractivity contribution in [2.45, 2.75) is 52.7 Å². The number of aliphatic hydroxyl groups is 1. The first-order valence-electron chi connectivity index (χ1n) is 7.62. The summed E-state index contributed by atoms with van der Waals surface area (Å²) in [5.74, 6) is 2.53. The highest BCUT2D eigenvalue weighted by atomic mass is 16.5. The summed E-state index contributed by atoms with van der Waals surface area (Å²) >= 11 is 0. The molecule has 2 aromatic rings. The first-order chi connectivity index (χ1) is 10.3. The highest BCUT2D eigenvalue weighted by Crippen LogP contribution is 2.22. The lowest BCUT2D eigenvalue weighted by molar-refractivity contribution is 0.0785. The fourth-order valence-electron chi connectivity index (χ4n) is 1.97. The zero-order valence-corrected chi connectivity index (χ0v) is 13.7. The van der Waals surface area contributed by atoms with Gasteiger partial charge in [-0.3, -0.25) is 0 Å². The molecule has 0 fully saturated rings. The molecule has 0 saturated heterocycles. The summed E-state index contributed by atoms with van der Waals surface area (Å²) in [4.78, 5) is 4.31. The molecule has 1 N–H and O–H groups in total. The van der Waals surface area contributed by atoms with Gasteiger partial charge in [0.15, 0.2) is 12.4 Å². The van der Waals surface area contributed by atoms with E-state index in [4.69, 9.17) is 9.26 Å². The number of rotatable bonds is 7. The van der Waals surface area contributed by atoms with Crippen molar-refractivity contribution in [2.75, 3.05) is 0 Å². The van der Waals surface area contributed by atoms with E-state index in [1.54, 1.807) is 13.8 Å². The standard InChI is InChI=1S/C17H24N2O3/c1-12(2)5-10-15-18-16(22-19-15)11-21-14-8-6-13(7-9-14)17(3,4)20/h6-9,12,20H,5,10-11H2,1-4H3. The third-order valence-corrected chi connectivity index (χ3v) is 3.38. The number of benzene rings is 1. The van der Waals surface area contributed by atoms with Gasteiger partial charge in [0.2, 0.25) is 0 Å². The molecule has 0 atom stereocenters. The minimum Gasteiger partial charge on any atom is -0.484 e. The molecule has 120 valence electrons. The molecule has 0 aliphatic rings. The molecule has 22 heavy (non-hydrogen) atoms. The van der Waals surface area contributed by atoms with Crippen LogP contribution in [0.15, 0.2) is 28.8 Å². The topological polar surface area (TPSA) is 68.4 Å². The molecule has 1 heterocycles. The van der Waals surface area contributed by atoms with E-state index in [9.17, 15) is 5.11 Å². The monoisotopic (exact) mass is 304 g/mol. The second-order valence-electron chi connectivity index (χ2n) is 6.41. The third kappa shape index (κ3) is 4.84. The van der Waals surface area contributed by atoms with Crippen LogP contribution in [0, 0.1) is 5.92 Å². The van der Waals surface area contributed by atoms with Crippen LogP contribution in [0.1, 0.15) is 51.4 Å². The molecular formula is C17H24N2O3. The summed E-state index contributed by atoms with van der Waals surface area (Å²) in [6.07, 6.45) is 1.86. The predicted octanol–water partition coefficient (Wildman–Crippen LogP) is 3.46. The maximum Gasteiger partial charge on any atom is 0.264 e. The number of nitrogens with zero attached hydrogens (tertiary/aromatic N) is 2. The van der Waals surface area contributed by atoms with Crippen LogP contribution in [-0.2, 0) is 18.6 Å². The van der Waals surface area contributed by atoms with Crippen LogP contribution in [0.3, 0.4) is 0 Å². The van der Waals surface area contributed by atoms with Gasteiger partial charge in [-0.1, -0.05) is 31.1 Å². The Labute approximate surface area is 131 Å². The van der Waals surface area contributed by atoms with E-state index < -0.39 is 5.60 Å². The van der Waals surface area contributed by atoms with E-state index in [-0.39, 0.29) is 6.61 Å². The average molecular weight is 304 g/mol. The lowest BCUT2D eigenvalue weighted by Crippen LogP contribution is -2.14. The van der Waals surface area contributed by atoms with Crippen molar-refractivity contribution in [1.82, 2.24) is 10.1 Å². The Morgan fingerprint density at radius 2 is 1.91 bits per heavy atom. The number of ether oxygens (including phenoxy) is 1. The Kier molecular flexibility index (Phi) is 5.19. The van der Waals surface area contributed by atoms with Crippen molar-refractivity contribution in [3.05, 3.63) is 41.5 Å². The van der Waals surface area contributed by atoms with Crippen molar-refractivity contribution in [3.63, 3.8) is 0 Å². The normalized spacial score (nSPS) is 11.9. The van der Waals surface area contributed by atoms with E-state index >= 15 is 0 Å². The van der Waals surface area contributed by atoms with Gasteiger partial charge >= 0.3 is 0 Å². The van der Waals surface area contributed by atoms with Gasteiger partial charge in [-0.2, -0.15) is 4.98 Å². The van der Waals surface area contributed by atoms with Gasteiger partial charge in [-0.05, 0) is 43.9 Å². The average Bonchev–Trinajstić information content (AvgIpc) is 2.90. The van der Waals surface area contributed by atoms with E-state index in [0.717, 1.165) is 24.2 Å². The quantitative estimate of drug-likeness (QED) is 0.848. The second-order valence-corrected chi connectivity index (χ2v) is 6.41. The third-order valence-electron chi connectivity index (χ3n) is 3.38. The molecule has 0 amide bonds. The van der Waals surface area contributed by atoms with Crippen LogP contribution in [0.25, 0.3) is 0 Å². The summed E-state index contributed by atoms with van der Waals surface area (Å²) in [6.45, 7) is 8.08. The predicted molar refractivity (Wildman–Crippen MR) is 83.5 cm³/mol. The van der Waals surface area contributed by atoms with Crippen LogP contribution in [0.4, 0.5) is 0 Å². The van der Waals surface area contributed by atoms with Crippen molar-refractivity contribution in [3.8, 4) is 5.75 Å². The Morgan fingerprint density at radius 1 is 1.23 bits per heavy atom. The minimum atomic E-state index is -0.851. The summed E-state index contributed by atoms with van der Waals surface area (Å²) < 4.78 is 10.8. The van der Waals surface area contributed by atoms with Crippen LogP contribution in [0.5, 0.6) is 5.75 Å². The summed E-state index contributed by atoms with van der Waals surface area (Å²) in [5, 5.41) is 13.9. The van der Waals surface area contributed by atoms with E-state index in [2.05, 4.69) is 24.0 Å². The first-order valence-corrected chi connectivity index (χ1v) is 7.62. The summed E-state index contributed by atoms with van der Waals surface area (Å²) in [6, 6.07) is 7.33. The van der Waals surface area contributed by atoms with Crippen LogP contribution < -0.4 is 4.74 Å². The van der Waals surface area contributed by atoms with E-state index in [1.807, 2.05) is 24.3 Å². The zero-order chi connectivity index (χ0) is 16.2. The molecule has 0 bridgehead atoms. The van der Waals surface area contributed by atoms with Crippen LogP contribution in [-0.4, -0.2) is 15.2 Å². The van der Waals surface area contributed by atoms with Crippen LogP contribution in [0.2, 0.25) is 0 Å². The Morgan fingerprint density at radius 3 is 2.50 bits per heavy atom. The van der Waals surface area contributed by atoms with Gasteiger partial charge in [-0.25, -0.2) is 0 Å². The van der Waals surface area contributed by atoms with E-state index in [0.29, 0.717) is 17.6 Å². The highest BCUT2D eigenvalue weighted by molar-refractivity contribution is 5.30. The van der Waals surface area contributed by atoms with Crippen LogP contribution >= 0.6 is 0 Å². The van der Waals surface area contributed by atoms with Crippen molar-refractivity contribution >= 4 is 0 Å². The highest BCUT2D eigenvalue weighted by Gasteiger charge is 2.15. The number of hydrogen-bond donors (Lipinski definition) is 1. The molecular weight excluding hydrogens is 280 g/mol. The van der Waals surface area contributed by atoms with Gasteiger partial charge in [0, 0.05) is 6.42 Å². The molecule has 0 aliphatic carbocycles. The maximum atomic E-state index is 9.91. The molecule has 2 rings (SSSR count). The fourth-order valence-corrected chi connectivity index (χ4v) is 1.97. The molecule has 0 saturated carbocycles. The second kappa shape index (κ2) is 6.92. The minimum absolute atomic E-state index is 0.247. The van der Waals surface area contributed by atoms with E-state index in [1.165, 1.54) is 0 Å². The Bertz CT molecular complexity index is 583. The Balaban J connectivity index is 1.87. The van der Waals surface area contributed by atoms with Gasteiger partial charge in [0.25, 0.3) is 5.89 Å². The lowest BCUT2D eigenvalue weighted by atomic mass is 9.99. The molecule has 0 unspecified atom stereocenters.